The van der Waals surface area contributed by atoms with Gasteiger partial charge < -0.3 is 5.32 Å². The van der Waals surface area contributed by atoms with Gasteiger partial charge >= 0.3 is 0 Å². The third-order valence-corrected chi connectivity index (χ3v) is 6.77. The summed E-state index contributed by atoms with van der Waals surface area (Å²) in [7, 11) is -3.89. The number of hydrogen-bond donors (Lipinski definition) is 2. The van der Waals surface area contributed by atoms with Crippen LogP contribution in [0, 0.1) is 13.8 Å². The second-order valence-electron chi connectivity index (χ2n) is 7.07. The molecule has 0 unspecified atom stereocenters. The molecule has 5 nitrogen and oxygen atoms in total. The van der Waals surface area contributed by atoms with Gasteiger partial charge in [-0.25, -0.2) is 8.42 Å². The van der Waals surface area contributed by atoms with Gasteiger partial charge in [0.15, 0.2) is 0 Å². The molecule has 2 N–H and O–H groups in total. The highest BCUT2D eigenvalue weighted by atomic mass is 79.9. The van der Waals surface area contributed by atoms with Crippen LogP contribution in [-0.2, 0) is 21.2 Å². The number of amides is 1. The molecule has 3 aromatic carbocycles. The maximum atomic E-state index is 13.1. The Morgan fingerprint density at radius 1 is 0.900 bits per heavy atom. The van der Waals surface area contributed by atoms with Gasteiger partial charge in [0.2, 0.25) is 15.9 Å². The first kappa shape index (κ1) is 22.2. The molecule has 0 heterocycles. The van der Waals surface area contributed by atoms with Crippen molar-refractivity contribution >= 4 is 37.5 Å². The number of aryl methyl sites for hydroxylation is 2. The maximum Gasteiger partial charge on any atom is 0.242 e. The van der Waals surface area contributed by atoms with Crippen LogP contribution < -0.4 is 10.0 Å². The zero-order valence-corrected chi connectivity index (χ0v) is 19.1. The first-order valence-corrected chi connectivity index (χ1v) is 11.7. The van der Waals surface area contributed by atoms with Crippen molar-refractivity contribution in [1.82, 2.24) is 4.72 Å². The maximum absolute atomic E-state index is 13.1. The molecule has 0 radical (unpaired) electrons. The minimum atomic E-state index is -3.89. The fourth-order valence-electron chi connectivity index (χ4n) is 3.13. The van der Waals surface area contributed by atoms with Gasteiger partial charge in [0.05, 0.1) is 4.90 Å². The fourth-order valence-corrected chi connectivity index (χ4v) is 4.59. The zero-order valence-electron chi connectivity index (χ0n) is 16.7. The molecular formula is C23H23BrN2O3S. The zero-order chi connectivity index (χ0) is 21.7. The molecule has 0 aromatic heterocycles. The molecule has 3 aromatic rings. The van der Waals surface area contributed by atoms with Gasteiger partial charge in [0, 0.05) is 10.2 Å². The predicted molar refractivity (Wildman–Crippen MR) is 123 cm³/mol. The third kappa shape index (κ3) is 5.56. The number of anilines is 1. The van der Waals surface area contributed by atoms with Crippen molar-refractivity contribution < 1.29 is 13.2 Å². The standard InChI is InChI=1S/C23H23BrN2O3S/c1-16-7-6-8-17(2)22(16)25-23(27)21(15-18-9-4-3-5-10-18)26-30(28,29)20-13-11-19(24)12-14-20/h3-14,21,26H,15H2,1-2H3,(H,25,27)/t21-/m0/s1. The minimum absolute atomic E-state index is 0.101. The molecule has 156 valence electrons. The highest BCUT2D eigenvalue weighted by molar-refractivity contribution is 9.10. The van der Waals surface area contributed by atoms with E-state index in [9.17, 15) is 13.2 Å². The molecule has 0 aliphatic carbocycles. The van der Waals surface area contributed by atoms with E-state index in [0.29, 0.717) is 5.69 Å². The smallest absolute Gasteiger partial charge is 0.242 e. The summed E-state index contributed by atoms with van der Waals surface area (Å²) in [6.45, 7) is 3.81. The second kappa shape index (κ2) is 9.55. The number of carbonyl (C=O) groups is 1. The van der Waals surface area contributed by atoms with E-state index in [-0.39, 0.29) is 11.3 Å². The number of sulfonamides is 1. The molecule has 7 heteroatoms. The molecule has 0 saturated carbocycles. The molecule has 30 heavy (non-hydrogen) atoms. The SMILES string of the molecule is Cc1cccc(C)c1NC(=O)[C@H](Cc1ccccc1)NS(=O)(=O)c1ccc(Br)cc1. The summed E-state index contributed by atoms with van der Waals surface area (Å²) < 4.78 is 29.2. The number of halogens is 1. The van der Waals surface area contributed by atoms with E-state index in [4.69, 9.17) is 0 Å². The average molecular weight is 487 g/mol. The molecular weight excluding hydrogens is 464 g/mol. The molecule has 0 saturated heterocycles. The lowest BCUT2D eigenvalue weighted by atomic mass is 10.0. The summed E-state index contributed by atoms with van der Waals surface area (Å²) >= 11 is 3.30. The molecule has 0 spiro atoms. The Labute approximate surface area is 185 Å². The predicted octanol–water partition coefficient (Wildman–Crippen LogP) is 4.59. The number of hydrogen-bond acceptors (Lipinski definition) is 3. The van der Waals surface area contributed by atoms with Crippen LogP contribution in [0.15, 0.2) is 82.2 Å². The summed E-state index contributed by atoms with van der Waals surface area (Å²) in [6, 6.07) is 20.4. The normalized spacial score (nSPS) is 12.4. The summed E-state index contributed by atoms with van der Waals surface area (Å²) in [5.74, 6) is -0.406. The van der Waals surface area contributed by atoms with Crippen molar-refractivity contribution in [3.63, 3.8) is 0 Å². The lowest BCUT2D eigenvalue weighted by Gasteiger charge is -2.20. The quantitative estimate of drug-likeness (QED) is 0.512. The lowest BCUT2D eigenvalue weighted by Crippen LogP contribution is -2.45. The van der Waals surface area contributed by atoms with Gasteiger partial charge in [-0.2, -0.15) is 4.72 Å². The van der Waals surface area contributed by atoms with E-state index in [0.717, 1.165) is 21.2 Å². The van der Waals surface area contributed by atoms with Crippen LogP contribution in [0.5, 0.6) is 0 Å². The minimum Gasteiger partial charge on any atom is -0.324 e. The number of nitrogens with one attached hydrogen (secondary N) is 2. The van der Waals surface area contributed by atoms with Gasteiger partial charge in [-0.05, 0) is 61.2 Å². The van der Waals surface area contributed by atoms with Crippen LogP contribution in [0.3, 0.4) is 0 Å². The Balaban J connectivity index is 1.90. The lowest BCUT2D eigenvalue weighted by molar-refractivity contribution is -0.117. The van der Waals surface area contributed by atoms with Crippen LogP contribution in [0.25, 0.3) is 0 Å². The van der Waals surface area contributed by atoms with Crippen LogP contribution in [0.4, 0.5) is 5.69 Å². The van der Waals surface area contributed by atoms with Crippen LogP contribution >= 0.6 is 15.9 Å². The average Bonchev–Trinajstić information content (AvgIpc) is 2.71. The molecule has 0 aliphatic heterocycles. The summed E-state index contributed by atoms with van der Waals surface area (Å²) in [4.78, 5) is 13.2. The monoisotopic (exact) mass is 486 g/mol. The Hall–Kier alpha value is -2.48. The molecule has 0 bridgehead atoms. The summed E-state index contributed by atoms with van der Waals surface area (Å²) in [5.41, 5.74) is 3.39. The van der Waals surface area contributed by atoms with Crippen molar-refractivity contribution in [3.8, 4) is 0 Å². The van der Waals surface area contributed by atoms with Crippen molar-refractivity contribution in [3.05, 3.63) is 94.0 Å². The Kier molecular flexibility index (Phi) is 7.07. The van der Waals surface area contributed by atoms with Gasteiger partial charge in [0.25, 0.3) is 0 Å². The number of carbonyl (C=O) groups excluding carboxylic acids is 1. The van der Waals surface area contributed by atoms with Crippen molar-refractivity contribution in [1.29, 1.82) is 0 Å². The van der Waals surface area contributed by atoms with E-state index in [1.165, 1.54) is 12.1 Å². The van der Waals surface area contributed by atoms with E-state index in [1.54, 1.807) is 12.1 Å². The van der Waals surface area contributed by atoms with E-state index >= 15 is 0 Å². The molecule has 1 amide bonds. The van der Waals surface area contributed by atoms with Gasteiger partial charge in [0.1, 0.15) is 6.04 Å². The summed E-state index contributed by atoms with van der Waals surface area (Å²) in [5, 5.41) is 2.91. The van der Waals surface area contributed by atoms with Gasteiger partial charge in [-0.1, -0.05) is 64.5 Å². The van der Waals surface area contributed by atoms with Crippen molar-refractivity contribution in [2.45, 2.75) is 31.2 Å². The second-order valence-corrected chi connectivity index (χ2v) is 9.70. The highest BCUT2D eigenvalue weighted by Crippen LogP contribution is 2.21. The van der Waals surface area contributed by atoms with Crippen LogP contribution in [0.1, 0.15) is 16.7 Å². The summed E-state index contributed by atoms with van der Waals surface area (Å²) in [6.07, 6.45) is 0.230. The fraction of sp³-hybridized carbons (Fsp3) is 0.174. The molecule has 0 fully saturated rings. The number of benzene rings is 3. The number of para-hydroxylation sites is 1. The van der Waals surface area contributed by atoms with Crippen molar-refractivity contribution in [2.75, 3.05) is 5.32 Å². The Morgan fingerprint density at radius 3 is 2.10 bits per heavy atom. The van der Waals surface area contributed by atoms with E-state index in [1.807, 2.05) is 62.4 Å². The molecule has 0 aliphatic rings. The van der Waals surface area contributed by atoms with Crippen LogP contribution in [0.2, 0.25) is 0 Å². The van der Waals surface area contributed by atoms with E-state index < -0.39 is 22.0 Å². The topological polar surface area (TPSA) is 75.3 Å². The van der Waals surface area contributed by atoms with Crippen molar-refractivity contribution in [2.24, 2.45) is 0 Å². The highest BCUT2D eigenvalue weighted by Gasteiger charge is 2.26. The Bertz CT molecular complexity index is 1110. The molecule has 3 rings (SSSR count). The van der Waals surface area contributed by atoms with Gasteiger partial charge in [-0.3, -0.25) is 4.79 Å². The van der Waals surface area contributed by atoms with Gasteiger partial charge in [-0.15, -0.1) is 0 Å². The number of rotatable bonds is 7. The third-order valence-electron chi connectivity index (χ3n) is 4.75. The largest absolute Gasteiger partial charge is 0.324 e. The first-order valence-electron chi connectivity index (χ1n) is 9.45. The van der Waals surface area contributed by atoms with E-state index in [2.05, 4.69) is 26.0 Å². The molecule has 1 atom stereocenters. The Morgan fingerprint density at radius 2 is 1.50 bits per heavy atom. The van der Waals surface area contributed by atoms with Crippen LogP contribution in [-0.4, -0.2) is 20.4 Å². The first-order chi connectivity index (χ1) is 14.3.